The quantitative estimate of drug-likeness (QED) is 0.541. The van der Waals surface area contributed by atoms with Crippen molar-refractivity contribution in [2.45, 2.75) is 26.2 Å². The van der Waals surface area contributed by atoms with Crippen molar-refractivity contribution in [3.05, 3.63) is 0 Å². The minimum atomic E-state index is -1.34. The van der Waals surface area contributed by atoms with E-state index in [-0.39, 0.29) is 18.8 Å². The second kappa shape index (κ2) is 5.96. The number of hydrogen-bond acceptors (Lipinski definition) is 4. The Balaban J connectivity index is 2.57. The number of aliphatic carboxylic acids is 1. The highest BCUT2D eigenvalue weighted by molar-refractivity contribution is 6.03. The van der Waals surface area contributed by atoms with Gasteiger partial charge in [-0.25, -0.2) is 0 Å². The molecule has 1 rings (SSSR count). The molecule has 0 aromatic carbocycles. The van der Waals surface area contributed by atoms with E-state index in [4.69, 9.17) is 9.47 Å². The first kappa shape index (κ1) is 13.1. The Morgan fingerprint density at radius 1 is 1.62 bits per heavy atom. The second-order valence-corrected chi connectivity index (χ2v) is 3.91. The average molecular weight is 230 g/mol. The molecule has 1 heterocycles. The molecule has 0 aliphatic carbocycles. The van der Waals surface area contributed by atoms with Gasteiger partial charge in [-0.05, 0) is 19.8 Å². The van der Waals surface area contributed by atoms with Crippen LogP contribution >= 0.6 is 0 Å². The zero-order chi connectivity index (χ0) is 12.0. The molecule has 5 nitrogen and oxygen atoms in total. The Morgan fingerprint density at radius 3 is 2.94 bits per heavy atom. The Hall–Kier alpha value is -0.940. The highest BCUT2D eigenvalue weighted by Crippen LogP contribution is 2.30. The van der Waals surface area contributed by atoms with Gasteiger partial charge in [0.25, 0.3) is 0 Å². The molecule has 1 saturated heterocycles. The van der Waals surface area contributed by atoms with Gasteiger partial charge in [-0.15, -0.1) is 0 Å². The van der Waals surface area contributed by atoms with Crippen molar-refractivity contribution in [1.82, 2.24) is 0 Å². The summed E-state index contributed by atoms with van der Waals surface area (Å²) in [5, 5.41) is 9.17. The predicted octanol–water partition coefficient (Wildman–Crippen LogP) is 0.864. The number of carboxylic acids is 1. The normalized spacial score (nSPS) is 25.7. The first-order chi connectivity index (χ1) is 7.63. The van der Waals surface area contributed by atoms with E-state index in [0.29, 0.717) is 32.7 Å². The zero-order valence-corrected chi connectivity index (χ0v) is 9.53. The lowest BCUT2D eigenvalue weighted by atomic mass is 9.77. The van der Waals surface area contributed by atoms with Crippen molar-refractivity contribution in [2.75, 3.05) is 26.4 Å². The smallest absolute Gasteiger partial charge is 0.319 e. The van der Waals surface area contributed by atoms with Crippen LogP contribution in [0.2, 0.25) is 0 Å². The molecule has 1 fully saturated rings. The third kappa shape index (κ3) is 2.80. The van der Waals surface area contributed by atoms with E-state index in [9.17, 15) is 14.7 Å². The van der Waals surface area contributed by atoms with Crippen LogP contribution in [-0.4, -0.2) is 43.3 Å². The van der Waals surface area contributed by atoms with Gasteiger partial charge in [0.15, 0.2) is 5.78 Å². The highest BCUT2D eigenvalue weighted by atomic mass is 16.5. The molecule has 0 bridgehead atoms. The maximum Gasteiger partial charge on any atom is 0.319 e. The van der Waals surface area contributed by atoms with Crippen molar-refractivity contribution >= 4 is 11.8 Å². The number of carboxylic acid groups (broad SMARTS) is 1. The van der Waals surface area contributed by atoms with Crippen molar-refractivity contribution in [3.63, 3.8) is 0 Å². The lowest BCUT2D eigenvalue weighted by Gasteiger charge is -2.31. The molecule has 1 N–H and O–H groups in total. The molecule has 1 aliphatic rings. The van der Waals surface area contributed by atoms with Crippen LogP contribution in [0.4, 0.5) is 0 Å². The molecule has 0 aromatic rings. The zero-order valence-electron chi connectivity index (χ0n) is 9.53. The number of Topliss-reactive ketones (excluding diaryl/α,β-unsaturated/α-hetero) is 1. The van der Waals surface area contributed by atoms with Crippen LogP contribution in [0.25, 0.3) is 0 Å². The Morgan fingerprint density at radius 2 is 2.38 bits per heavy atom. The van der Waals surface area contributed by atoms with E-state index in [1.54, 1.807) is 0 Å². The Bertz CT molecular complexity index is 263. The highest BCUT2D eigenvalue weighted by Gasteiger charge is 2.47. The van der Waals surface area contributed by atoms with Crippen LogP contribution in [0.3, 0.4) is 0 Å². The maximum absolute atomic E-state index is 11.7. The second-order valence-electron chi connectivity index (χ2n) is 3.91. The third-order valence-electron chi connectivity index (χ3n) is 2.86. The number of ether oxygens (including phenoxy) is 2. The molecule has 0 spiro atoms. The van der Waals surface area contributed by atoms with Crippen LogP contribution in [0, 0.1) is 5.41 Å². The SMILES string of the molecule is CCOCCCC1(C(=O)O)COCCC1=O. The summed E-state index contributed by atoms with van der Waals surface area (Å²) in [5.41, 5.74) is -1.34. The van der Waals surface area contributed by atoms with Gasteiger partial charge in [-0.2, -0.15) is 0 Å². The van der Waals surface area contributed by atoms with Crippen LogP contribution < -0.4 is 0 Å². The first-order valence-corrected chi connectivity index (χ1v) is 5.55. The van der Waals surface area contributed by atoms with Crippen LogP contribution in [0.1, 0.15) is 26.2 Å². The van der Waals surface area contributed by atoms with Crippen LogP contribution in [-0.2, 0) is 19.1 Å². The molecule has 1 aliphatic heterocycles. The minimum absolute atomic E-state index is 0.00666. The van der Waals surface area contributed by atoms with Gasteiger partial charge in [0.05, 0.1) is 13.2 Å². The van der Waals surface area contributed by atoms with Gasteiger partial charge < -0.3 is 14.6 Å². The molecular weight excluding hydrogens is 212 g/mol. The fourth-order valence-corrected chi connectivity index (χ4v) is 1.85. The summed E-state index contributed by atoms with van der Waals surface area (Å²) in [5.74, 6) is -1.29. The predicted molar refractivity (Wildman–Crippen MR) is 56.2 cm³/mol. The topological polar surface area (TPSA) is 72.8 Å². The Kier molecular flexibility index (Phi) is 4.89. The summed E-state index contributed by atoms with van der Waals surface area (Å²) in [7, 11) is 0. The van der Waals surface area contributed by atoms with E-state index in [2.05, 4.69) is 0 Å². The summed E-state index contributed by atoms with van der Waals surface area (Å²) in [6.45, 7) is 3.29. The molecule has 5 heteroatoms. The van der Waals surface area contributed by atoms with Crippen molar-refractivity contribution in [3.8, 4) is 0 Å². The van der Waals surface area contributed by atoms with Crippen molar-refractivity contribution < 1.29 is 24.2 Å². The molecule has 16 heavy (non-hydrogen) atoms. The first-order valence-electron chi connectivity index (χ1n) is 5.55. The van der Waals surface area contributed by atoms with Gasteiger partial charge in [-0.3, -0.25) is 9.59 Å². The van der Waals surface area contributed by atoms with E-state index in [0.717, 1.165) is 0 Å². The number of ketones is 1. The van der Waals surface area contributed by atoms with Gasteiger partial charge in [0, 0.05) is 19.6 Å². The molecule has 1 unspecified atom stereocenters. The monoisotopic (exact) mass is 230 g/mol. The lowest BCUT2D eigenvalue weighted by Crippen LogP contribution is -2.47. The van der Waals surface area contributed by atoms with Crippen molar-refractivity contribution in [2.24, 2.45) is 5.41 Å². The van der Waals surface area contributed by atoms with E-state index < -0.39 is 11.4 Å². The molecule has 92 valence electrons. The molecule has 0 saturated carbocycles. The third-order valence-corrected chi connectivity index (χ3v) is 2.86. The Labute approximate surface area is 94.7 Å². The molecule has 0 radical (unpaired) electrons. The number of hydrogen-bond donors (Lipinski definition) is 1. The fraction of sp³-hybridized carbons (Fsp3) is 0.818. The summed E-state index contributed by atoms with van der Waals surface area (Å²) >= 11 is 0. The summed E-state index contributed by atoms with van der Waals surface area (Å²) < 4.78 is 10.3. The van der Waals surface area contributed by atoms with E-state index >= 15 is 0 Å². The number of rotatable bonds is 6. The fourth-order valence-electron chi connectivity index (χ4n) is 1.85. The molecule has 0 amide bonds. The maximum atomic E-state index is 11.7. The van der Waals surface area contributed by atoms with Gasteiger partial charge in [0.2, 0.25) is 0 Å². The van der Waals surface area contributed by atoms with Crippen LogP contribution in [0.15, 0.2) is 0 Å². The van der Waals surface area contributed by atoms with Crippen molar-refractivity contribution in [1.29, 1.82) is 0 Å². The van der Waals surface area contributed by atoms with Crippen LogP contribution in [0.5, 0.6) is 0 Å². The summed E-state index contributed by atoms with van der Waals surface area (Å²) in [6, 6.07) is 0. The lowest BCUT2D eigenvalue weighted by molar-refractivity contribution is -0.165. The molecule has 1 atom stereocenters. The van der Waals surface area contributed by atoms with Gasteiger partial charge in [-0.1, -0.05) is 0 Å². The standard InChI is InChI=1S/C11H18O5/c1-2-15-6-3-5-11(10(13)14)8-16-7-4-9(11)12/h2-8H2,1H3,(H,13,14). The largest absolute Gasteiger partial charge is 0.480 e. The average Bonchev–Trinajstić information content (AvgIpc) is 2.26. The van der Waals surface area contributed by atoms with E-state index in [1.807, 2.05) is 6.92 Å². The molecule has 0 aromatic heterocycles. The van der Waals surface area contributed by atoms with Gasteiger partial charge in [0.1, 0.15) is 5.41 Å². The van der Waals surface area contributed by atoms with E-state index in [1.165, 1.54) is 0 Å². The number of carbonyl (C=O) groups is 2. The minimum Gasteiger partial charge on any atom is -0.480 e. The van der Waals surface area contributed by atoms with Gasteiger partial charge >= 0.3 is 5.97 Å². The summed E-state index contributed by atoms with van der Waals surface area (Å²) in [6.07, 6.45) is 1.05. The number of carbonyl (C=O) groups excluding carboxylic acids is 1. The summed E-state index contributed by atoms with van der Waals surface area (Å²) in [4.78, 5) is 22.9. The molecular formula is C11H18O5.